The first-order valence-corrected chi connectivity index (χ1v) is 9.00. The lowest BCUT2D eigenvalue weighted by Gasteiger charge is -2.09. The van der Waals surface area contributed by atoms with Gasteiger partial charge in [0.2, 0.25) is 0 Å². The number of thiocarbonyl (C=S) groups is 1. The first-order chi connectivity index (χ1) is 12.1. The van der Waals surface area contributed by atoms with Crippen LogP contribution in [0.2, 0.25) is 0 Å². The lowest BCUT2D eigenvalue weighted by Crippen LogP contribution is -2.27. The Kier molecular flexibility index (Phi) is 5.40. The predicted octanol–water partition coefficient (Wildman–Crippen LogP) is 4.71. The second-order valence-electron chi connectivity index (χ2n) is 5.28. The van der Waals surface area contributed by atoms with Gasteiger partial charge in [-0.25, -0.2) is 0 Å². The Labute approximate surface area is 156 Å². The first-order valence-electron chi connectivity index (χ1n) is 7.78. The molecule has 4 nitrogen and oxygen atoms in total. The van der Waals surface area contributed by atoms with Gasteiger partial charge in [0.15, 0.2) is 0 Å². The van der Waals surface area contributed by atoms with Gasteiger partial charge in [0, 0.05) is 6.54 Å². The van der Waals surface area contributed by atoms with Gasteiger partial charge < -0.3 is 9.47 Å². The monoisotopic (exact) mass is 371 g/mol. The molecule has 0 saturated carbocycles. The van der Waals surface area contributed by atoms with Crippen LogP contribution in [0.5, 0.6) is 17.2 Å². The van der Waals surface area contributed by atoms with Gasteiger partial charge in [-0.2, -0.15) is 0 Å². The second-order valence-corrected chi connectivity index (χ2v) is 6.95. The van der Waals surface area contributed by atoms with Crippen molar-refractivity contribution in [3.8, 4) is 17.2 Å². The van der Waals surface area contributed by atoms with Gasteiger partial charge in [0.25, 0.3) is 5.91 Å². The molecule has 3 rings (SSSR count). The average Bonchev–Trinajstić information content (AvgIpc) is 2.89. The van der Waals surface area contributed by atoms with Gasteiger partial charge in [-0.05, 0) is 55.0 Å². The minimum absolute atomic E-state index is 0.0426. The maximum absolute atomic E-state index is 12.3. The molecule has 1 fully saturated rings. The van der Waals surface area contributed by atoms with Crippen LogP contribution in [0, 0.1) is 0 Å². The molecule has 128 valence electrons. The van der Waals surface area contributed by atoms with Crippen LogP contribution in [-0.4, -0.2) is 28.8 Å². The highest BCUT2D eigenvalue weighted by Crippen LogP contribution is 2.33. The van der Waals surface area contributed by atoms with E-state index in [2.05, 4.69) is 0 Å². The van der Waals surface area contributed by atoms with E-state index < -0.39 is 0 Å². The summed E-state index contributed by atoms with van der Waals surface area (Å²) >= 11 is 6.56. The molecule has 2 aromatic carbocycles. The number of ether oxygens (including phenoxy) is 2. The second kappa shape index (κ2) is 7.72. The number of carbonyl (C=O) groups is 1. The Hall–Kier alpha value is -2.31. The third-order valence-electron chi connectivity index (χ3n) is 3.64. The van der Waals surface area contributed by atoms with E-state index in [0.717, 1.165) is 17.1 Å². The maximum atomic E-state index is 12.3. The minimum atomic E-state index is -0.0426. The molecule has 1 heterocycles. The molecule has 6 heteroatoms. The zero-order chi connectivity index (χ0) is 17.8. The fraction of sp³-hybridized carbons (Fsp3) is 0.158. The Morgan fingerprint density at radius 1 is 1.12 bits per heavy atom. The number of hydrogen-bond donors (Lipinski definition) is 0. The van der Waals surface area contributed by atoms with Crippen molar-refractivity contribution in [1.82, 2.24) is 4.90 Å². The van der Waals surface area contributed by atoms with Crippen molar-refractivity contribution >= 4 is 40.3 Å². The van der Waals surface area contributed by atoms with Crippen molar-refractivity contribution in [3.05, 3.63) is 59.0 Å². The van der Waals surface area contributed by atoms with E-state index in [0.29, 0.717) is 21.5 Å². The van der Waals surface area contributed by atoms with Crippen molar-refractivity contribution in [3.63, 3.8) is 0 Å². The standard InChI is InChI=1S/C19H17NO3S2/c1-3-20-18(21)17(25-19(20)24)12-13-5-4-6-16(11-13)23-15-9-7-14(22-2)8-10-15/h4-12H,3H2,1-2H3/b17-12+. The van der Waals surface area contributed by atoms with Gasteiger partial charge >= 0.3 is 0 Å². The molecule has 1 aliphatic heterocycles. The molecular formula is C19H17NO3S2. The van der Waals surface area contributed by atoms with Crippen LogP contribution in [0.4, 0.5) is 0 Å². The van der Waals surface area contributed by atoms with Gasteiger partial charge in [0.1, 0.15) is 21.6 Å². The lowest BCUT2D eigenvalue weighted by atomic mass is 10.2. The molecule has 2 aromatic rings. The number of rotatable bonds is 5. The summed E-state index contributed by atoms with van der Waals surface area (Å²) < 4.78 is 11.6. The number of carbonyl (C=O) groups excluding carboxylic acids is 1. The van der Waals surface area contributed by atoms with Gasteiger partial charge in [-0.1, -0.05) is 36.1 Å². The van der Waals surface area contributed by atoms with Gasteiger partial charge in [0.05, 0.1) is 12.0 Å². The van der Waals surface area contributed by atoms with E-state index in [4.69, 9.17) is 21.7 Å². The third-order valence-corrected chi connectivity index (χ3v) is 5.02. The van der Waals surface area contributed by atoms with Crippen molar-refractivity contribution in [2.75, 3.05) is 13.7 Å². The van der Waals surface area contributed by atoms with E-state index in [1.807, 2.05) is 61.5 Å². The van der Waals surface area contributed by atoms with Crippen molar-refractivity contribution in [2.45, 2.75) is 6.92 Å². The van der Waals surface area contributed by atoms with Crippen LogP contribution in [0.3, 0.4) is 0 Å². The number of benzene rings is 2. The molecule has 0 aliphatic carbocycles. The van der Waals surface area contributed by atoms with E-state index in [9.17, 15) is 4.79 Å². The third kappa shape index (κ3) is 4.03. The van der Waals surface area contributed by atoms with Crippen molar-refractivity contribution in [1.29, 1.82) is 0 Å². The summed E-state index contributed by atoms with van der Waals surface area (Å²) in [5, 5.41) is 0. The number of nitrogens with zero attached hydrogens (tertiary/aromatic N) is 1. The van der Waals surface area contributed by atoms with Gasteiger partial charge in [-0.3, -0.25) is 9.69 Å². The first kappa shape index (κ1) is 17.5. The smallest absolute Gasteiger partial charge is 0.266 e. The zero-order valence-corrected chi connectivity index (χ0v) is 15.5. The predicted molar refractivity (Wildman–Crippen MR) is 105 cm³/mol. The summed E-state index contributed by atoms with van der Waals surface area (Å²) in [5.41, 5.74) is 0.891. The normalized spacial score (nSPS) is 15.8. The highest BCUT2D eigenvalue weighted by atomic mass is 32.2. The summed E-state index contributed by atoms with van der Waals surface area (Å²) in [6.07, 6.45) is 1.84. The summed E-state index contributed by atoms with van der Waals surface area (Å²) in [5.74, 6) is 2.15. The Morgan fingerprint density at radius 3 is 2.48 bits per heavy atom. The molecule has 25 heavy (non-hydrogen) atoms. The largest absolute Gasteiger partial charge is 0.497 e. The van der Waals surface area contributed by atoms with Gasteiger partial charge in [-0.15, -0.1) is 0 Å². The Bertz CT molecular complexity index is 831. The molecule has 0 bridgehead atoms. The summed E-state index contributed by atoms with van der Waals surface area (Å²) in [6, 6.07) is 15.0. The number of methoxy groups -OCH3 is 1. The summed E-state index contributed by atoms with van der Waals surface area (Å²) in [7, 11) is 1.63. The maximum Gasteiger partial charge on any atom is 0.266 e. The van der Waals surface area contributed by atoms with Crippen LogP contribution in [0.15, 0.2) is 53.4 Å². The van der Waals surface area contributed by atoms with E-state index in [-0.39, 0.29) is 5.91 Å². The van der Waals surface area contributed by atoms with Crippen molar-refractivity contribution < 1.29 is 14.3 Å². The highest BCUT2D eigenvalue weighted by Gasteiger charge is 2.30. The van der Waals surface area contributed by atoms with E-state index in [1.54, 1.807) is 12.0 Å². The quantitative estimate of drug-likeness (QED) is 0.562. The molecule has 0 radical (unpaired) electrons. The number of thioether (sulfide) groups is 1. The molecule has 0 spiro atoms. The summed E-state index contributed by atoms with van der Waals surface area (Å²) in [6.45, 7) is 2.50. The topological polar surface area (TPSA) is 38.8 Å². The van der Waals surface area contributed by atoms with Crippen LogP contribution < -0.4 is 9.47 Å². The Morgan fingerprint density at radius 2 is 1.84 bits per heavy atom. The minimum Gasteiger partial charge on any atom is -0.497 e. The van der Waals surface area contributed by atoms with Crippen LogP contribution in [0.25, 0.3) is 6.08 Å². The SMILES string of the molecule is CCN1C(=O)/C(=C\c2cccc(Oc3ccc(OC)cc3)c2)SC1=S. The van der Waals surface area contributed by atoms with E-state index in [1.165, 1.54) is 11.8 Å². The fourth-order valence-electron chi connectivity index (χ4n) is 2.37. The molecule has 1 saturated heterocycles. The number of hydrogen-bond acceptors (Lipinski definition) is 5. The van der Waals surface area contributed by atoms with Crippen LogP contribution in [-0.2, 0) is 4.79 Å². The molecule has 0 N–H and O–H groups in total. The van der Waals surface area contributed by atoms with E-state index >= 15 is 0 Å². The fourth-order valence-corrected chi connectivity index (χ4v) is 3.76. The molecule has 0 unspecified atom stereocenters. The molecule has 0 atom stereocenters. The molecule has 0 aromatic heterocycles. The van der Waals surface area contributed by atoms with Crippen LogP contribution in [0.1, 0.15) is 12.5 Å². The molecule has 1 aliphatic rings. The lowest BCUT2D eigenvalue weighted by molar-refractivity contribution is -0.121. The molecule has 1 amide bonds. The van der Waals surface area contributed by atoms with Crippen molar-refractivity contribution in [2.24, 2.45) is 0 Å². The summed E-state index contributed by atoms with van der Waals surface area (Å²) in [4.78, 5) is 14.5. The number of amides is 1. The Balaban J connectivity index is 1.78. The average molecular weight is 371 g/mol. The highest BCUT2D eigenvalue weighted by molar-refractivity contribution is 8.26. The molecular weight excluding hydrogens is 354 g/mol. The number of likely N-dealkylation sites (N-methyl/N-ethyl adjacent to an activating group) is 1. The zero-order valence-electron chi connectivity index (χ0n) is 13.9. The van der Waals surface area contributed by atoms with Crippen LogP contribution >= 0.6 is 24.0 Å².